The van der Waals surface area contributed by atoms with Gasteiger partial charge in [-0.25, -0.2) is 4.79 Å². The van der Waals surface area contributed by atoms with Crippen LogP contribution >= 0.6 is 0 Å². The van der Waals surface area contributed by atoms with Gasteiger partial charge in [0, 0.05) is 22.5 Å². The van der Waals surface area contributed by atoms with Crippen molar-refractivity contribution in [1.82, 2.24) is 15.8 Å². The van der Waals surface area contributed by atoms with Crippen molar-refractivity contribution in [1.29, 1.82) is 0 Å². The van der Waals surface area contributed by atoms with Gasteiger partial charge in [0.05, 0.1) is 0 Å². The highest BCUT2D eigenvalue weighted by Crippen LogP contribution is 2.08. The van der Waals surface area contributed by atoms with E-state index in [4.69, 9.17) is 4.74 Å². The molecule has 0 unspecified atom stereocenters. The van der Waals surface area contributed by atoms with E-state index < -0.39 is 24.4 Å². The summed E-state index contributed by atoms with van der Waals surface area (Å²) in [5.74, 6) is -2.09. The number of H-pyrrole nitrogens is 1. The Morgan fingerprint density at radius 3 is 2.41 bits per heavy atom. The molecule has 1 heterocycles. The van der Waals surface area contributed by atoms with Crippen LogP contribution in [0.4, 0.5) is 0 Å². The molecule has 0 fully saturated rings. The molecule has 3 N–H and O–H groups in total. The third-order valence-corrected chi connectivity index (χ3v) is 3.64. The summed E-state index contributed by atoms with van der Waals surface area (Å²) in [4.78, 5) is 50.3. The van der Waals surface area contributed by atoms with Crippen molar-refractivity contribution in [2.45, 2.75) is 0 Å². The highest BCUT2D eigenvalue weighted by Gasteiger charge is 2.13. The van der Waals surface area contributed by atoms with E-state index in [1.807, 2.05) is 0 Å². The molecule has 0 aliphatic heterocycles. The van der Waals surface area contributed by atoms with Crippen molar-refractivity contribution in [2.75, 3.05) is 6.61 Å². The normalized spacial score (nSPS) is 10.2. The summed E-state index contributed by atoms with van der Waals surface area (Å²) >= 11 is 0. The van der Waals surface area contributed by atoms with Crippen LogP contribution < -0.4 is 16.3 Å². The topological polar surface area (TPSA) is 117 Å². The second-order valence-corrected chi connectivity index (χ2v) is 5.54. The van der Waals surface area contributed by atoms with Crippen LogP contribution in [0.3, 0.4) is 0 Å². The van der Waals surface area contributed by atoms with Crippen LogP contribution in [0.2, 0.25) is 0 Å². The van der Waals surface area contributed by atoms with Gasteiger partial charge in [0.15, 0.2) is 12.0 Å². The number of nitrogens with one attached hydrogen (secondary N) is 3. The zero-order valence-electron chi connectivity index (χ0n) is 14.0. The van der Waals surface area contributed by atoms with Crippen molar-refractivity contribution in [3.63, 3.8) is 0 Å². The molecular weight excluding hydrogens is 350 g/mol. The summed E-state index contributed by atoms with van der Waals surface area (Å²) in [5, 5.41) is 0.440. The van der Waals surface area contributed by atoms with Gasteiger partial charge in [-0.15, -0.1) is 0 Å². The van der Waals surface area contributed by atoms with Crippen molar-refractivity contribution in [2.24, 2.45) is 0 Å². The second-order valence-electron chi connectivity index (χ2n) is 5.54. The number of rotatable bonds is 4. The molecule has 8 heteroatoms. The molecular formula is C19H15N3O5. The maximum absolute atomic E-state index is 12.0. The molecule has 1 aromatic heterocycles. The molecule has 2 aromatic carbocycles. The van der Waals surface area contributed by atoms with E-state index in [1.165, 1.54) is 0 Å². The smallest absolute Gasteiger partial charge is 0.355 e. The Morgan fingerprint density at radius 2 is 1.63 bits per heavy atom. The van der Waals surface area contributed by atoms with Gasteiger partial charge in [0.25, 0.3) is 11.8 Å². The maximum atomic E-state index is 12.0. The van der Waals surface area contributed by atoms with Gasteiger partial charge in [-0.2, -0.15) is 0 Å². The van der Waals surface area contributed by atoms with E-state index in [1.54, 1.807) is 54.6 Å². The lowest BCUT2D eigenvalue weighted by Gasteiger charge is -2.08. The van der Waals surface area contributed by atoms with E-state index in [-0.39, 0.29) is 11.1 Å². The zero-order chi connectivity index (χ0) is 19.2. The number of carbonyl (C=O) groups excluding carboxylic acids is 3. The largest absolute Gasteiger partial charge is 0.451 e. The number of benzene rings is 2. The van der Waals surface area contributed by atoms with E-state index >= 15 is 0 Å². The maximum Gasteiger partial charge on any atom is 0.355 e. The Labute approximate surface area is 153 Å². The predicted octanol–water partition coefficient (Wildman–Crippen LogP) is 1.15. The molecule has 3 aromatic rings. The van der Waals surface area contributed by atoms with Gasteiger partial charge in [-0.1, -0.05) is 30.3 Å². The van der Waals surface area contributed by atoms with Gasteiger partial charge in [-0.3, -0.25) is 25.2 Å². The first-order chi connectivity index (χ1) is 13.0. The molecule has 0 spiro atoms. The number of ether oxygens (including phenoxy) is 1. The van der Waals surface area contributed by atoms with E-state index in [2.05, 4.69) is 15.8 Å². The lowest BCUT2D eigenvalue weighted by atomic mass is 10.2. The van der Waals surface area contributed by atoms with Crippen molar-refractivity contribution in [3.05, 3.63) is 82.1 Å². The van der Waals surface area contributed by atoms with Crippen molar-refractivity contribution < 1.29 is 19.1 Å². The average Bonchev–Trinajstić information content (AvgIpc) is 2.70. The first-order valence-corrected chi connectivity index (χ1v) is 7.98. The van der Waals surface area contributed by atoms with Crippen LogP contribution in [0, 0.1) is 0 Å². The van der Waals surface area contributed by atoms with Gasteiger partial charge in [0.2, 0.25) is 0 Å². The lowest BCUT2D eigenvalue weighted by Crippen LogP contribution is -2.43. The standard InChI is InChI=1S/C19H15N3O5/c23-16-10-15(20-14-9-5-4-8-13(14)16)19(26)27-11-17(24)21-22-18(25)12-6-2-1-3-7-12/h1-10H,11H2,(H,20,23)(H,21,24)(H,22,25). The molecule has 136 valence electrons. The van der Waals surface area contributed by atoms with Gasteiger partial charge < -0.3 is 9.72 Å². The van der Waals surface area contributed by atoms with E-state index in [9.17, 15) is 19.2 Å². The molecule has 0 saturated heterocycles. The summed E-state index contributed by atoms with van der Waals surface area (Å²) in [7, 11) is 0. The number of para-hydroxylation sites is 1. The Bertz CT molecular complexity index is 1060. The Morgan fingerprint density at radius 1 is 0.926 bits per heavy atom. The van der Waals surface area contributed by atoms with Crippen molar-refractivity contribution >= 4 is 28.7 Å². The number of aromatic nitrogens is 1. The summed E-state index contributed by atoms with van der Waals surface area (Å²) < 4.78 is 4.86. The minimum Gasteiger partial charge on any atom is -0.451 e. The fraction of sp³-hybridized carbons (Fsp3) is 0.0526. The fourth-order valence-electron chi connectivity index (χ4n) is 2.34. The third kappa shape index (κ3) is 4.37. The third-order valence-electron chi connectivity index (χ3n) is 3.64. The second kappa shape index (κ2) is 7.96. The number of hydrogen-bond donors (Lipinski definition) is 3. The molecule has 0 aliphatic carbocycles. The fourth-order valence-corrected chi connectivity index (χ4v) is 2.34. The number of carbonyl (C=O) groups is 3. The van der Waals surface area contributed by atoms with E-state index in [0.717, 1.165) is 6.07 Å². The Kier molecular flexibility index (Phi) is 5.27. The van der Waals surface area contributed by atoms with Crippen LogP contribution in [0.15, 0.2) is 65.5 Å². The number of pyridine rings is 1. The quantitative estimate of drug-likeness (QED) is 0.473. The van der Waals surface area contributed by atoms with Crippen LogP contribution in [0.1, 0.15) is 20.8 Å². The van der Waals surface area contributed by atoms with Crippen LogP contribution in [-0.2, 0) is 9.53 Å². The lowest BCUT2D eigenvalue weighted by molar-refractivity contribution is -0.125. The van der Waals surface area contributed by atoms with Gasteiger partial charge >= 0.3 is 5.97 Å². The highest BCUT2D eigenvalue weighted by atomic mass is 16.5. The average molecular weight is 365 g/mol. The molecule has 0 radical (unpaired) electrons. The SMILES string of the molecule is O=C(COC(=O)c1cc(=O)c2ccccc2[nH]1)NNC(=O)c1ccccc1. The number of amides is 2. The van der Waals surface area contributed by atoms with Crippen LogP contribution in [-0.4, -0.2) is 29.4 Å². The number of aromatic amines is 1. The molecule has 0 atom stereocenters. The molecule has 2 amide bonds. The minimum atomic E-state index is -0.859. The summed E-state index contributed by atoms with van der Waals surface area (Å²) in [5.41, 5.74) is 4.79. The molecule has 0 bridgehead atoms. The summed E-state index contributed by atoms with van der Waals surface area (Å²) in [6.45, 7) is -0.622. The Balaban J connectivity index is 1.55. The van der Waals surface area contributed by atoms with Crippen LogP contribution in [0.25, 0.3) is 10.9 Å². The summed E-state index contributed by atoms with van der Waals surface area (Å²) in [6, 6.07) is 16.1. The summed E-state index contributed by atoms with van der Waals surface area (Å²) in [6.07, 6.45) is 0. The zero-order valence-corrected chi connectivity index (χ0v) is 14.0. The molecule has 0 saturated carbocycles. The molecule has 0 aliphatic rings. The number of esters is 1. The number of fused-ring (bicyclic) bond motifs is 1. The highest BCUT2D eigenvalue weighted by molar-refractivity contribution is 5.96. The van der Waals surface area contributed by atoms with Gasteiger partial charge in [-0.05, 0) is 24.3 Å². The first-order valence-electron chi connectivity index (χ1n) is 7.98. The minimum absolute atomic E-state index is 0.0696. The molecule has 27 heavy (non-hydrogen) atoms. The van der Waals surface area contributed by atoms with Crippen molar-refractivity contribution in [3.8, 4) is 0 Å². The van der Waals surface area contributed by atoms with Gasteiger partial charge in [0.1, 0.15) is 5.69 Å². The van der Waals surface area contributed by atoms with Crippen LogP contribution in [0.5, 0.6) is 0 Å². The first kappa shape index (κ1) is 17.9. The molecule has 3 rings (SSSR count). The predicted molar refractivity (Wildman–Crippen MR) is 96.9 cm³/mol. The Hall–Kier alpha value is -3.94. The van der Waals surface area contributed by atoms with E-state index in [0.29, 0.717) is 16.5 Å². The monoisotopic (exact) mass is 365 g/mol. The number of hydrogen-bond acceptors (Lipinski definition) is 5. The molecule has 8 nitrogen and oxygen atoms in total. The number of hydrazine groups is 1.